The lowest BCUT2D eigenvalue weighted by Crippen LogP contribution is -2.31. The van der Waals surface area contributed by atoms with Gasteiger partial charge in [0.15, 0.2) is 0 Å². The number of pyridine rings is 1. The van der Waals surface area contributed by atoms with Crippen LogP contribution in [-0.2, 0) is 6.54 Å². The van der Waals surface area contributed by atoms with E-state index >= 15 is 0 Å². The highest BCUT2D eigenvalue weighted by atomic mass is 15.1. The number of hydrogen-bond donors (Lipinski definition) is 1. The summed E-state index contributed by atoms with van der Waals surface area (Å²) in [7, 11) is 2.17. The summed E-state index contributed by atoms with van der Waals surface area (Å²) in [6.45, 7) is 4.38. The first-order chi connectivity index (χ1) is 8.84. The Morgan fingerprint density at radius 2 is 2.22 bits per heavy atom. The summed E-state index contributed by atoms with van der Waals surface area (Å²) in [5, 5.41) is 3.59. The zero-order chi connectivity index (χ0) is 12.6. The minimum atomic E-state index is 0.939. The van der Waals surface area contributed by atoms with E-state index in [0.717, 1.165) is 25.6 Å². The molecule has 100 valence electrons. The quantitative estimate of drug-likeness (QED) is 0.749. The van der Waals surface area contributed by atoms with Gasteiger partial charge in [-0.15, -0.1) is 0 Å². The lowest BCUT2D eigenvalue weighted by Gasteiger charge is -2.17. The largest absolute Gasteiger partial charge is 0.315 e. The van der Waals surface area contributed by atoms with E-state index in [1.54, 1.807) is 0 Å². The molecule has 1 fully saturated rings. The molecule has 0 amide bonds. The standard InChI is InChI=1S/C15H25N3/c1-18(13-15-7-4-8-16-12-15)10-9-17-11-14-5-2-3-6-14/h4,7-8,12,14,17H,2-3,5-6,9-11,13H2,1H3. The monoisotopic (exact) mass is 247 g/mol. The Morgan fingerprint density at radius 3 is 2.94 bits per heavy atom. The second kappa shape index (κ2) is 7.49. The molecular formula is C15H25N3. The van der Waals surface area contributed by atoms with Crippen molar-refractivity contribution >= 4 is 0 Å². The molecule has 0 unspecified atom stereocenters. The zero-order valence-electron chi connectivity index (χ0n) is 11.4. The number of aromatic nitrogens is 1. The molecule has 0 saturated heterocycles. The Hall–Kier alpha value is -0.930. The van der Waals surface area contributed by atoms with E-state index in [0.29, 0.717) is 0 Å². The minimum Gasteiger partial charge on any atom is -0.315 e. The van der Waals surface area contributed by atoms with E-state index < -0.39 is 0 Å². The SMILES string of the molecule is CN(CCNCC1CCCC1)Cc1cccnc1. The minimum absolute atomic E-state index is 0.939. The van der Waals surface area contributed by atoms with Crippen molar-refractivity contribution in [1.29, 1.82) is 0 Å². The molecule has 2 rings (SSSR count). The van der Waals surface area contributed by atoms with Crippen LogP contribution in [0.5, 0.6) is 0 Å². The summed E-state index contributed by atoms with van der Waals surface area (Å²) in [5.41, 5.74) is 1.29. The summed E-state index contributed by atoms with van der Waals surface area (Å²) in [6, 6.07) is 4.14. The van der Waals surface area contributed by atoms with Crippen LogP contribution in [0, 0.1) is 5.92 Å². The number of rotatable bonds is 7. The van der Waals surface area contributed by atoms with Crippen LogP contribution in [0.3, 0.4) is 0 Å². The van der Waals surface area contributed by atoms with Crippen molar-refractivity contribution < 1.29 is 0 Å². The topological polar surface area (TPSA) is 28.2 Å². The van der Waals surface area contributed by atoms with Gasteiger partial charge in [0.2, 0.25) is 0 Å². The molecule has 1 aromatic heterocycles. The van der Waals surface area contributed by atoms with Crippen molar-refractivity contribution in [3.63, 3.8) is 0 Å². The predicted molar refractivity (Wildman–Crippen MR) is 75.4 cm³/mol. The zero-order valence-corrected chi connectivity index (χ0v) is 11.4. The van der Waals surface area contributed by atoms with Crippen LogP contribution in [0.4, 0.5) is 0 Å². The van der Waals surface area contributed by atoms with E-state index in [2.05, 4.69) is 28.3 Å². The van der Waals surface area contributed by atoms with Gasteiger partial charge in [-0.05, 0) is 44.0 Å². The molecule has 0 atom stereocenters. The first-order valence-corrected chi connectivity index (χ1v) is 7.13. The summed E-state index contributed by atoms with van der Waals surface area (Å²) in [4.78, 5) is 6.49. The molecular weight excluding hydrogens is 222 g/mol. The second-order valence-electron chi connectivity index (χ2n) is 5.45. The van der Waals surface area contributed by atoms with Crippen LogP contribution in [0.1, 0.15) is 31.2 Å². The van der Waals surface area contributed by atoms with Gasteiger partial charge >= 0.3 is 0 Å². The first kappa shape index (κ1) is 13.5. The van der Waals surface area contributed by atoms with Crippen molar-refractivity contribution in [2.75, 3.05) is 26.7 Å². The molecule has 1 saturated carbocycles. The van der Waals surface area contributed by atoms with Gasteiger partial charge in [0, 0.05) is 32.0 Å². The first-order valence-electron chi connectivity index (χ1n) is 7.13. The Labute approximate surface area is 111 Å². The highest BCUT2D eigenvalue weighted by Gasteiger charge is 2.13. The van der Waals surface area contributed by atoms with E-state index in [-0.39, 0.29) is 0 Å². The third kappa shape index (κ3) is 4.75. The maximum Gasteiger partial charge on any atom is 0.0312 e. The molecule has 1 aliphatic carbocycles. The van der Waals surface area contributed by atoms with Crippen LogP contribution in [0.25, 0.3) is 0 Å². The highest BCUT2D eigenvalue weighted by molar-refractivity contribution is 5.07. The van der Waals surface area contributed by atoms with E-state index in [1.165, 1.54) is 37.8 Å². The Balaban J connectivity index is 1.55. The summed E-state index contributed by atoms with van der Waals surface area (Å²) >= 11 is 0. The average molecular weight is 247 g/mol. The van der Waals surface area contributed by atoms with Gasteiger partial charge in [-0.1, -0.05) is 18.9 Å². The van der Waals surface area contributed by atoms with Gasteiger partial charge in [0.1, 0.15) is 0 Å². The maximum atomic E-state index is 4.14. The normalized spacial score (nSPS) is 16.6. The lowest BCUT2D eigenvalue weighted by atomic mass is 10.1. The fourth-order valence-corrected chi connectivity index (χ4v) is 2.67. The maximum absolute atomic E-state index is 4.14. The van der Waals surface area contributed by atoms with Gasteiger partial charge in [-0.2, -0.15) is 0 Å². The molecule has 3 nitrogen and oxygen atoms in total. The van der Waals surface area contributed by atoms with Gasteiger partial charge in [-0.3, -0.25) is 4.98 Å². The third-order valence-electron chi connectivity index (χ3n) is 3.75. The smallest absolute Gasteiger partial charge is 0.0312 e. The molecule has 18 heavy (non-hydrogen) atoms. The predicted octanol–water partition coefficient (Wildman–Crippen LogP) is 2.29. The second-order valence-corrected chi connectivity index (χ2v) is 5.45. The van der Waals surface area contributed by atoms with Crippen LogP contribution in [0.2, 0.25) is 0 Å². The third-order valence-corrected chi connectivity index (χ3v) is 3.75. The van der Waals surface area contributed by atoms with Gasteiger partial charge in [0.25, 0.3) is 0 Å². The Morgan fingerprint density at radius 1 is 1.39 bits per heavy atom. The van der Waals surface area contributed by atoms with Gasteiger partial charge < -0.3 is 10.2 Å². The van der Waals surface area contributed by atoms with Crippen molar-refractivity contribution in [3.8, 4) is 0 Å². The molecule has 1 aliphatic rings. The van der Waals surface area contributed by atoms with Crippen molar-refractivity contribution in [1.82, 2.24) is 15.2 Å². The molecule has 0 aromatic carbocycles. The number of nitrogens with one attached hydrogen (secondary N) is 1. The lowest BCUT2D eigenvalue weighted by molar-refractivity contribution is 0.319. The molecule has 1 heterocycles. The summed E-state index contributed by atoms with van der Waals surface area (Å²) in [5.74, 6) is 0.939. The Bertz CT molecular complexity index is 320. The fourth-order valence-electron chi connectivity index (χ4n) is 2.67. The van der Waals surface area contributed by atoms with E-state index in [4.69, 9.17) is 0 Å². The van der Waals surface area contributed by atoms with Crippen LogP contribution >= 0.6 is 0 Å². The van der Waals surface area contributed by atoms with Gasteiger partial charge in [0.05, 0.1) is 0 Å². The van der Waals surface area contributed by atoms with Crippen molar-refractivity contribution in [3.05, 3.63) is 30.1 Å². The fraction of sp³-hybridized carbons (Fsp3) is 0.667. The van der Waals surface area contributed by atoms with Gasteiger partial charge in [-0.25, -0.2) is 0 Å². The number of likely N-dealkylation sites (N-methyl/N-ethyl adjacent to an activating group) is 1. The van der Waals surface area contributed by atoms with E-state index in [9.17, 15) is 0 Å². The van der Waals surface area contributed by atoms with Crippen LogP contribution in [0.15, 0.2) is 24.5 Å². The van der Waals surface area contributed by atoms with E-state index in [1.807, 2.05) is 18.5 Å². The number of hydrogen-bond acceptors (Lipinski definition) is 3. The number of nitrogens with zero attached hydrogens (tertiary/aromatic N) is 2. The highest BCUT2D eigenvalue weighted by Crippen LogP contribution is 2.23. The van der Waals surface area contributed by atoms with Crippen molar-refractivity contribution in [2.45, 2.75) is 32.2 Å². The molecule has 0 spiro atoms. The molecule has 0 bridgehead atoms. The van der Waals surface area contributed by atoms with Crippen LogP contribution < -0.4 is 5.32 Å². The average Bonchev–Trinajstić information content (AvgIpc) is 2.89. The van der Waals surface area contributed by atoms with Crippen LogP contribution in [-0.4, -0.2) is 36.6 Å². The summed E-state index contributed by atoms with van der Waals surface area (Å²) < 4.78 is 0. The molecule has 0 aliphatic heterocycles. The van der Waals surface area contributed by atoms with Crippen molar-refractivity contribution in [2.24, 2.45) is 5.92 Å². The summed E-state index contributed by atoms with van der Waals surface area (Å²) in [6.07, 6.45) is 9.51. The molecule has 0 radical (unpaired) electrons. The molecule has 1 N–H and O–H groups in total. The molecule has 3 heteroatoms. The molecule has 1 aromatic rings. The Kier molecular flexibility index (Phi) is 5.62.